The van der Waals surface area contributed by atoms with Crippen LogP contribution in [0, 0.1) is 0 Å². The van der Waals surface area contributed by atoms with Gasteiger partial charge in [0.2, 0.25) is 5.91 Å². The Hall–Kier alpha value is -1.42. The molecular formula is C13H19N3O. The van der Waals surface area contributed by atoms with Crippen LogP contribution >= 0.6 is 0 Å². The van der Waals surface area contributed by atoms with E-state index in [-0.39, 0.29) is 11.9 Å². The standard InChI is InChI=1S/C13H19N3O/c1-16(13(17)12-6-4-9-15-12)10-7-11-5-2-3-8-14-11/h2-3,5,8,12,15H,4,6-7,9-10H2,1H3/t12-/m0/s1. The third kappa shape index (κ3) is 3.27. The normalized spacial score (nSPS) is 19.2. The second-order valence-corrected chi connectivity index (χ2v) is 4.48. The Bertz CT molecular complexity index is 360. The summed E-state index contributed by atoms with van der Waals surface area (Å²) in [5, 5.41) is 3.23. The van der Waals surface area contributed by atoms with E-state index in [0.29, 0.717) is 0 Å². The van der Waals surface area contributed by atoms with Gasteiger partial charge in [0.1, 0.15) is 0 Å². The first-order chi connectivity index (χ1) is 8.27. The van der Waals surface area contributed by atoms with Gasteiger partial charge >= 0.3 is 0 Å². The van der Waals surface area contributed by atoms with Gasteiger partial charge in [-0.05, 0) is 31.5 Å². The highest BCUT2D eigenvalue weighted by atomic mass is 16.2. The highest BCUT2D eigenvalue weighted by Crippen LogP contribution is 2.08. The molecule has 0 saturated carbocycles. The lowest BCUT2D eigenvalue weighted by Gasteiger charge is -2.20. The van der Waals surface area contributed by atoms with Crippen LogP contribution in [0.3, 0.4) is 0 Å². The predicted octanol–water partition coefficient (Wildman–Crippen LogP) is 0.834. The lowest BCUT2D eigenvalue weighted by Crippen LogP contribution is -2.42. The summed E-state index contributed by atoms with van der Waals surface area (Å²) in [5.41, 5.74) is 1.03. The van der Waals surface area contributed by atoms with E-state index in [1.165, 1.54) is 0 Å². The van der Waals surface area contributed by atoms with Gasteiger partial charge < -0.3 is 10.2 Å². The minimum absolute atomic E-state index is 0.0312. The summed E-state index contributed by atoms with van der Waals surface area (Å²) in [6.45, 7) is 1.69. The van der Waals surface area contributed by atoms with Gasteiger partial charge in [0.15, 0.2) is 0 Å². The lowest BCUT2D eigenvalue weighted by molar-refractivity contribution is -0.131. The highest BCUT2D eigenvalue weighted by molar-refractivity contribution is 5.81. The second kappa shape index (κ2) is 5.77. The zero-order valence-electron chi connectivity index (χ0n) is 10.2. The zero-order valence-corrected chi connectivity index (χ0v) is 10.2. The third-order valence-corrected chi connectivity index (χ3v) is 3.16. The first-order valence-corrected chi connectivity index (χ1v) is 6.15. The van der Waals surface area contributed by atoms with Crippen LogP contribution in [0.5, 0.6) is 0 Å². The first kappa shape index (κ1) is 12.0. The molecule has 2 heterocycles. The highest BCUT2D eigenvalue weighted by Gasteiger charge is 2.24. The van der Waals surface area contributed by atoms with Gasteiger partial charge in [0.05, 0.1) is 6.04 Å². The van der Waals surface area contributed by atoms with Crippen molar-refractivity contribution in [2.75, 3.05) is 20.1 Å². The summed E-state index contributed by atoms with van der Waals surface area (Å²) in [4.78, 5) is 18.1. The molecule has 1 aromatic heterocycles. The Kier molecular flexibility index (Phi) is 4.09. The molecule has 92 valence electrons. The Morgan fingerprint density at radius 2 is 2.47 bits per heavy atom. The van der Waals surface area contributed by atoms with E-state index in [1.807, 2.05) is 25.2 Å². The number of hydrogen-bond acceptors (Lipinski definition) is 3. The second-order valence-electron chi connectivity index (χ2n) is 4.48. The van der Waals surface area contributed by atoms with Crippen LogP contribution in [0.4, 0.5) is 0 Å². The topological polar surface area (TPSA) is 45.2 Å². The van der Waals surface area contributed by atoms with E-state index < -0.39 is 0 Å². The molecule has 0 aromatic carbocycles. The largest absolute Gasteiger partial charge is 0.344 e. The summed E-state index contributed by atoms with van der Waals surface area (Å²) in [6, 6.07) is 5.90. The first-order valence-electron chi connectivity index (χ1n) is 6.15. The lowest BCUT2D eigenvalue weighted by atomic mass is 10.2. The van der Waals surface area contributed by atoms with Crippen molar-refractivity contribution in [3.63, 3.8) is 0 Å². The maximum atomic E-state index is 12.0. The van der Waals surface area contributed by atoms with Crippen LogP contribution < -0.4 is 5.32 Å². The quantitative estimate of drug-likeness (QED) is 0.838. The Labute approximate surface area is 102 Å². The van der Waals surface area contributed by atoms with E-state index in [2.05, 4.69) is 10.3 Å². The minimum Gasteiger partial charge on any atom is -0.344 e. The van der Waals surface area contributed by atoms with Crippen molar-refractivity contribution in [2.24, 2.45) is 0 Å². The molecule has 1 aliphatic rings. The average Bonchev–Trinajstić information content (AvgIpc) is 2.90. The van der Waals surface area contributed by atoms with Crippen molar-refractivity contribution in [3.05, 3.63) is 30.1 Å². The SMILES string of the molecule is CN(CCc1ccccn1)C(=O)[C@@H]1CCCN1. The molecule has 1 N–H and O–H groups in total. The van der Waals surface area contributed by atoms with Gasteiger partial charge in [-0.25, -0.2) is 0 Å². The number of carbonyl (C=O) groups excluding carboxylic acids is 1. The Morgan fingerprint density at radius 3 is 3.12 bits per heavy atom. The van der Waals surface area contributed by atoms with Crippen LogP contribution in [-0.2, 0) is 11.2 Å². The van der Waals surface area contributed by atoms with Crippen molar-refractivity contribution in [2.45, 2.75) is 25.3 Å². The molecule has 4 heteroatoms. The summed E-state index contributed by atoms with van der Waals surface area (Å²) in [6.07, 6.45) is 4.67. The predicted molar refractivity (Wildman–Crippen MR) is 66.6 cm³/mol. The van der Waals surface area contributed by atoms with Crippen molar-refractivity contribution in [1.29, 1.82) is 0 Å². The average molecular weight is 233 g/mol. The molecule has 1 amide bonds. The number of rotatable bonds is 4. The van der Waals surface area contributed by atoms with E-state index in [1.54, 1.807) is 11.1 Å². The number of aromatic nitrogens is 1. The molecule has 1 aromatic rings. The van der Waals surface area contributed by atoms with Gasteiger partial charge in [0, 0.05) is 31.9 Å². The Balaban J connectivity index is 1.80. The van der Waals surface area contributed by atoms with Crippen molar-refractivity contribution >= 4 is 5.91 Å². The summed E-state index contributed by atoms with van der Waals surface area (Å²) < 4.78 is 0. The minimum atomic E-state index is 0.0312. The zero-order chi connectivity index (χ0) is 12.1. The van der Waals surface area contributed by atoms with Crippen molar-refractivity contribution in [1.82, 2.24) is 15.2 Å². The van der Waals surface area contributed by atoms with Crippen LogP contribution in [-0.4, -0.2) is 42.0 Å². The van der Waals surface area contributed by atoms with Crippen molar-refractivity contribution < 1.29 is 4.79 Å². The van der Waals surface area contributed by atoms with Crippen LogP contribution in [0.1, 0.15) is 18.5 Å². The van der Waals surface area contributed by atoms with Crippen LogP contribution in [0.25, 0.3) is 0 Å². The third-order valence-electron chi connectivity index (χ3n) is 3.16. The van der Waals surface area contributed by atoms with Crippen LogP contribution in [0.15, 0.2) is 24.4 Å². The molecule has 2 rings (SSSR count). The number of nitrogens with one attached hydrogen (secondary N) is 1. The van der Waals surface area contributed by atoms with Gasteiger partial charge in [-0.1, -0.05) is 6.07 Å². The van der Waals surface area contributed by atoms with Gasteiger partial charge in [0.25, 0.3) is 0 Å². The Morgan fingerprint density at radius 1 is 1.59 bits per heavy atom. The van der Waals surface area contributed by atoms with Gasteiger partial charge in [-0.3, -0.25) is 9.78 Å². The molecule has 0 radical (unpaired) electrons. The fourth-order valence-electron chi connectivity index (χ4n) is 2.10. The summed E-state index contributed by atoms with van der Waals surface area (Å²) in [5.74, 6) is 0.207. The molecule has 17 heavy (non-hydrogen) atoms. The molecular weight excluding hydrogens is 214 g/mol. The van der Waals surface area contributed by atoms with Gasteiger partial charge in [-0.15, -0.1) is 0 Å². The van der Waals surface area contributed by atoms with Gasteiger partial charge in [-0.2, -0.15) is 0 Å². The monoisotopic (exact) mass is 233 g/mol. The summed E-state index contributed by atoms with van der Waals surface area (Å²) in [7, 11) is 1.87. The molecule has 0 unspecified atom stereocenters. The number of likely N-dealkylation sites (N-methyl/N-ethyl adjacent to an activating group) is 1. The maximum Gasteiger partial charge on any atom is 0.239 e. The number of pyridine rings is 1. The molecule has 1 fully saturated rings. The number of carbonyl (C=O) groups is 1. The molecule has 0 spiro atoms. The summed E-state index contributed by atoms with van der Waals surface area (Å²) >= 11 is 0. The van der Waals surface area contributed by atoms with E-state index in [4.69, 9.17) is 0 Å². The van der Waals surface area contributed by atoms with Crippen LogP contribution in [0.2, 0.25) is 0 Å². The number of amides is 1. The number of nitrogens with zero attached hydrogens (tertiary/aromatic N) is 2. The smallest absolute Gasteiger partial charge is 0.239 e. The maximum absolute atomic E-state index is 12.0. The molecule has 0 bridgehead atoms. The molecule has 1 atom stereocenters. The van der Waals surface area contributed by atoms with Crippen molar-refractivity contribution in [3.8, 4) is 0 Å². The molecule has 4 nitrogen and oxygen atoms in total. The molecule has 0 aliphatic carbocycles. The number of hydrogen-bond donors (Lipinski definition) is 1. The molecule has 1 aliphatic heterocycles. The van der Waals surface area contributed by atoms with E-state index in [9.17, 15) is 4.79 Å². The fourth-order valence-corrected chi connectivity index (χ4v) is 2.10. The fraction of sp³-hybridized carbons (Fsp3) is 0.538. The molecule has 1 saturated heterocycles. The van der Waals surface area contributed by atoms with E-state index >= 15 is 0 Å². The van der Waals surface area contributed by atoms with E-state index in [0.717, 1.165) is 38.0 Å².